The van der Waals surface area contributed by atoms with Gasteiger partial charge in [-0.3, -0.25) is 19.7 Å². The molecule has 1 saturated heterocycles. The Balaban J connectivity index is 1.58. The number of nitro groups is 1. The second kappa shape index (κ2) is 8.58. The fourth-order valence-corrected chi connectivity index (χ4v) is 3.59. The Labute approximate surface area is 171 Å². The van der Waals surface area contributed by atoms with E-state index in [0.717, 1.165) is 0 Å². The number of rotatable bonds is 4. The molecule has 9 heteroatoms. The summed E-state index contributed by atoms with van der Waals surface area (Å²) in [7, 11) is 0. The highest BCUT2D eigenvalue weighted by Crippen LogP contribution is 2.31. The molecular formula is C19H17Cl2N3O4. The zero-order valence-electron chi connectivity index (χ0n) is 14.7. The van der Waals surface area contributed by atoms with Gasteiger partial charge in [0, 0.05) is 36.7 Å². The molecule has 0 aliphatic carbocycles. The molecule has 146 valence electrons. The van der Waals surface area contributed by atoms with Crippen molar-refractivity contribution in [1.82, 2.24) is 4.90 Å². The molecule has 7 nitrogen and oxygen atoms in total. The van der Waals surface area contributed by atoms with Crippen LogP contribution in [0.3, 0.4) is 0 Å². The molecule has 0 unspecified atom stereocenters. The van der Waals surface area contributed by atoms with Crippen LogP contribution in [0.4, 0.5) is 11.4 Å². The number of carbonyl (C=O) groups excluding carboxylic acids is 2. The highest BCUT2D eigenvalue weighted by atomic mass is 35.5. The first-order valence-corrected chi connectivity index (χ1v) is 9.41. The van der Waals surface area contributed by atoms with E-state index in [1.807, 2.05) is 0 Å². The number of benzene rings is 2. The van der Waals surface area contributed by atoms with Gasteiger partial charge in [-0.2, -0.15) is 0 Å². The Hall–Kier alpha value is -2.64. The maximum absolute atomic E-state index is 12.6. The maximum Gasteiger partial charge on any atom is 0.269 e. The summed E-state index contributed by atoms with van der Waals surface area (Å²) in [5, 5.41) is 14.2. The minimum absolute atomic E-state index is 0.0647. The molecule has 0 radical (unpaired) electrons. The van der Waals surface area contributed by atoms with Crippen LogP contribution < -0.4 is 5.32 Å². The van der Waals surface area contributed by atoms with Crippen LogP contribution in [0, 0.1) is 16.0 Å². The smallest absolute Gasteiger partial charge is 0.269 e. The van der Waals surface area contributed by atoms with Crippen LogP contribution >= 0.6 is 23.2 Å². The fraction of sp³-hybridized carbons (Fsp3) is 0.263. The molecular weight excluding hydrogens is 405 g/mol. The molecule has 1 heterocycles. The van der Waals surface area contributed by atoms with E-state index < -0.39 is 4.92 Å². The lowest BCUT2D eigenvalue weighted by Crippen LogP contribution is -2.41. The van der Waals surface area contributed by atoms with Crippen molar-refractivity contribution >= 4 is 46.4 Å². The number of nitrogens with one attached hydrogen (secondary N) is 1. The standard InChI is InChI=1S/C19H17Cl2N3O4/c20-15-2-1-3-16(21)17(15)22-18(25)12-8-10-23(11-9-12)19(26)13-4-6-14(7-5-13)24(27)28/h1-7,12H,8-11H2,(H,22,25). The first-order chi connectivity index (χ1) is 13.4. The lowest BCUT2D eigenvalue weighted by molar-refractivity contribution is -0.384. The molecule has 0 atom stereocenters. The average Bonchev–Trinajstić information content (AvgIpc) is 2.70. The van der Waals surface area contributed by atoms with Crippen LogP contribution in [-0.4, -0.2) is 34.7 Å². The number of hydrogen-bond donors (Lipinski definition) is 1. The van der Waals surface area contributed by atoms with Gasteiger partial charge in [0.1, 0.15) is 0 Å². The van der Waals surface area contributed by atoms with Crippen LogP contribution in [0.2, 0.25) is 10.0 Å². The maximum atomic E-state index is 12.6. The molecule has 1 fully saturated rings. The van der Waals surface area contributed by atoms with Crippen LogP contribution in [0.15, 0.2) is 42.5 Å². The van der Waals surface area contributed by atoms with Crippen LogP contribution in [0.1, 0.15) is 23.2 Å². The molecule has 2 amide bonds. The third-order valence-electron chi connectivity index (χ3n) is 4.69. The van der Waals surface area contributed by atoms with E-state index in [9.17, 15) is 19.7 Å². The normalized spacial score (nSPS) is 14.6. The summed E-state index contributed by atoms with van der Waals surface area (Å²) in [6.45, 7) is 0.842. The summed E-state index contributed by atoms with van der Waals surface area (Å²) < 4.78 is 0. The molecule has 0 bridgehead atoms. The predicted molar refractivity (Wildman–Crippen MR) is 107 cm³/mol. The van der Waals surface area contributed by atoms with Crippen LogP contribution in [-0.2, 0) is 4.79 Å². The number of likely N-dealkylation sites (tertiary alicyclic amines) is 1. The summed E-state index contributed by atoms with van der Waals surface area (Å²) >= 11 is 12.2. The molecule has 0 aromatic heterocycles. The molecule has 0 saturated carbocycles. The van der Waals surface area contributed by atoms with Crippen molar-refractivity contribution in [2.75, 3.05) is 18.4 Å². The Kier molecular flexibility index (Phi) is 6.16. The number of anilines is 1. The molecule has 2 aromatic rings. The molecule has 3 rings (SSSR count). The molecule has 1 aliphatic heterocycles. The summed E-state index contributed by atoms with van der Waals surface area (Å²) in [6, 6.07) is 10.5. The van der Waals surface area contributed by atoms with Crippen molar-refractivity contribution in [1.29, 1.82) is 0 Å². The number of amides is 2. The summed E-state index contributed by atoms with van der Waals surface area (Å²) in [6.07, 6.45) is 1.01. The number of nitrogens with zero attached hydrogens (tertiary/aromatic N) is 2. The second-order valence-corrected chi connectivity index (χ2v) is 7.27. The summed E-state index contributed by atoms with van der Waals surface area (Å²) in [4.78, 5) is 36.9. The van der Waals surface area contributed by atoms with E-state index in [2.05, 4.69) is 5.32 Å². The van der Waals surface area contributed by atoms with Crippen LogP contribution in [0.25, 0.3) is 0 Å². The third kappa shape index (κ3) is 4.43. The van der Waals surface area contributed by atoms with Crippen molar-refractivity contribution in [2.24, 2.45) is 5.92 Å². The highest BCUT2D eigenvalue weighted by Gasteiger charge is 2.28. The minimum Gasteiger partial charge on any atom is -0.339 e. The number of nitro benzene ring substituents is 1. The summed E-state index contributed by atoms with van der Waals surface area (Å²) in [5.41, 5.74) is 0.710. The Morgan fingerprint density at radius 3 is 2.14 bits per heavy atom. The number of piperidine rings is 1. The van der Waals surface area contributed by atoms with Crippen molar-refractivity contribution in [3.63, 3.8) is 0 Å². The van der Waals surface area contributed by atoms with Gasteiger partial charge in [-0.25, -0.2) is 0 Å². The zero-order valence-corrected chi connectivity index (χ0v) is 16.2. The zero-order chi connectivity index (χ0) is 20.3. The summed E-state index contributed by atoms with van der Waals surface area (Å²) in [5.74, 6) is -0.645. The van der Waals surface area contributed by atoms with E-state index in [1.54, 1.807) is 23.1 Å². The third-order valence-corrected chi connectivity index (χ3v) is 5.32. The number of halogens is 2. The van der Waals surface area contributed by atoms with Gasteiger partial charge in [0.05, 0.1) is 20.7 Å². The second-order valence-electron chi connectivity index (χ2n) is 6.46. The van der Waals surface area contributed by atoms with E-state index in [-0.39, 0.29) is 23.4 Å². The van der Waals surface area contributed by atoms with Crippen LogP contribution in [0.5, 0.6) is 0 Å². The first-order valence-electron chi connectivity index (χ1n) is 8.65. The van der Waals surface area contributed by atoms with Gasteiger partial charge in [-0.15, -0.1) is 0 Å². The molecule has 1 aliphatic rings. The van der Waals surface area contributed by atoms with Gasteiger partial charge in [0.15, 0.2) is 0 Å². The number of non-ortho nitro benzene ring substituents is 1. The van der Waals surface area contributed by atoms with E-state index in [4.69, 9.17) is 23.2 Å². The number of para-hydroxylation sites is 1. The van der Waals surface area contributed by atoms with Gasteiger partial charge in [-0.1, -0.05) is 29.3 Å². The Bertz CT molecular complexity index is 890. The average molecular weight is 422 g/mol. The van der Waals surface area contributed by atoms with Crippen molar-refractivity contribution in [2.45, 2.75) is 12.8 Å². The lowest BCUT2D eigenvalue weighted by atomic mass is 9.95. The minimum atomic E-state index is -0.510. The van der Waals surface area contributed by atoms with Gasteiger partial charge in [0.2, 0.25) is 5.91 Å². The van der Waals surface area contributed by atoms with Gasteiger partial charge >= 0.3 is 0 Å². The SMILES string of the molecule is O=C(Nc1c(Cl)cccc1Cl)C1CCN(C(=O)c2ccc([N+](=O)[O-])cc2)CC1. The fourth-order valence-electron chi connectivity index (χ4n) is 3.10. The molecule has 0 spiro atoms. The van der Waals surface area contributed by atoms with Gasteiger partial charge in [-0.05, 0) is 37.1 Å². The highest BCUT2D eigenvalue weighted by molar-refractivity contribution is 6.39. The lowest BCUT2D eigenvalue weighted by Gasteiger charge is -2.31. The van der Waals surface area contributed by atoms with E-state index in [1.165, 1.54) is 24.3 Å². The van der Waals surface area contributed by atoms with Gasteiger partial charge < -0.3 is 10.2 Å². The molecule has 1 N–H and O–H groups in total. The van der Waals surface area contributed by atoms with Crippen molar-refractivity contribution in [3.8, 4) is 0 Å². The molecule has 2 aromatic carbocycles. The largest absolute Gasteiger partial charge is 0.339 e. The monoisotopic (exact) mass is 421 g/mol. The van der Waals surface area contributed by atoms with Crippen molar-refractivity contribution in [3.05, 3.63) is 68.2 Å². The van der Waals surface area contributed by atoms with E-state index >= 15 is 0 Å². The van der Waals surface area contributed by atoms with Gasteiger partial charge in [0.25, 0.3) is 11.6 Å². The Morgan fingerprint density at radius 1 is 1.04 bits per heavy atom. The quantitative estimate of drug-likeness (QED) is 0.584. The van der Waals surface area contributed by atoms with E-state index in [0.29, 0.717) is 47.2 Å². The number of carbonyl (C=O) groups is 2. The first kappa shape index (κ1) is 20.1. The molecule has 28 heavy (non-hydrogen) atoms. The number of hydrogen-bond acceptors (Lipinski definition) is 4. The van der Waals surface area contributed by atoms with Crippen molar-refractivity contribution < 1.29 is 14.5 Å². The predicted octanol–water partition coefficient (Wildman–Crippen LogP) is 4.39. The Morgan fingerprint density at radius 2 is 1.61 bits per heavy atom. The topological polar surface area (TPSA) is 92.6 Å².